The first-order chi connectivity index (χ1) is 8.54. The quantitative estimate of drug-likeness (QED) is 0.933. The third kappa shape index (κ3) is 2.46. The van der Waals surface area contributed by atoms with Gasteiger partial charge in [-0.3, -0.25) is 4.68 Å². The molecule has 2 aromatic heterocycles. The number of likely N-dealkylation sites (N-methyl/N-ethyl adjacent to an activating group) is 1. The first-order valence-electron chi connectivity index (χ1n) is 5.92. The van der Waals surface area contributed by atoms with E-state index < -0.39 is 0 Å². The van der Waals surface area contributed by atoms with E-state index in [1.807, 2.05) is 21.0 Å². The minimum Gasteiger partial charge on any atom is -0.313 e. The van der Waals surface area contributed by atoms with E-state index in [9.17, 15) is 0 Å². The number of nitrogens with one attached hydrogen (secondary N) is 1. The van der Waals surface area contributed by atoms with Crippen molar-refractivity contribution in [1.29, 1.82) is 0 Å². The molecular formula is C13H18ClN3S. The van der Waals surface area contributed by atoms with E-state index in [2.05, 4.69) is 28.1 Å². The summed E-state index contributed by atoms with van der Waals surface area (Å²) in [6, 6.07) is 0.289. The monoisotopic (exact) mass is 283 g/mol. The zero-order chi connectivity index (χ0) is 13.3. The lowest BCUT2D eigenvalue weighted by Gasteiger charge is -2.16. The van der Waals surface area contributed by atoms with E-state index in [0.717, 1.165) is 22.8 Å². The van der Waals surface area contributed by atoms with Crippen molar-refractivity contribution >= 4 is 22.9 Å². The van der Waals surface area contributed by atoms with Gasteiger partial charge in [0.25, 0.3) is 0 Å². The van der Waals surface area contributed by atoms with Gasteiger partial charge in [-0.25, -0.2) is 0 Å². The predicted molar refractivity (Wildman–Crippen MR) is 77.5 cm³/mol. The van der Waals surface area contributed by atoms with Crippen molar-refractivity contribution in [3.8, 4) is 0 Å². The molecule has 0 amide bonds. The molecular weight excluding hydrogens is 266 g/mol. The van der Waals surface area contributed by atoms with Gasteiger partial charge in [-0.15, -0.1) is 0 Å². The topological polar surface area (TPSA) is 29.9 Å². The smallest absolute Gasteiger partial charge is 0.130 e. The van der Waals surface area contributed by atoms with Crippen LogP contribution in [0.25, 0.3) is 0 Å². The summed E-state index contributed by atoms with van der Waals surface area (Å²) < 4.78 is 1.74. The summed E-state index contributed by atoms with van der Waals surface area (Å²) >= 11 is 8.03. The summed E-state index contributed by atoms with van der Waals surface area (Å²) in [4.78, 5) is 0. The number of aromatic nitrogens is 2. The Labute approximate surface area is 117 Å². The molecule has 0 aliphatic carbocycles. The maximum absolute atomic E-state index is 6.29. The van der Waals surface area contributed by atoms with Gasteiger partial charge in [-0.05, 0) is 49.2 Å². The molecule has 0 spiro atoms. The van der Waals surface area contributed by atoms with Crippen molar-refractivity contribution in [3.63, 3.8) is 0 Å². The van der Waals surface area contributed by atoms with Crippen LogP contribution in [0.3, 0.4) is 0 Å². The Hall–Kier alpha value is -0.840. The second-order valence-corrected chi connectivity index (χ2v) is 5.64. The first-order valence-corrected chi connectivity index (χ1v) is 7.24. The Balaban J connectivity index is 2.29. The third-order valence-electron chi connectivity index (χ3n) is 3.30. The summed E-state index contributed by atoms with van der Waals surface area (Å²) in [5, 5.41) is 12.8. The van der Waals surface area contributed by atoms with E-state index >= 15 is 0 Å². The lowest BCUT2D eigenvalue weighted by molar-refractivity contribution is 0.589. The van der Waals surface area contributed by atoms with Crippen molar-refractivity contribution in [2.24, 2.45) is 7.05 Å². The Morgan fingerprint density at radius 1 is 1.44 bits per heavy atom. The fourth-order valence-electron chi connectivity index (χ4n) is 2.20. The van der Waals surface area contributed by atoms with E-state index in [0.29, 0.717) is 0 Å². The molecule has 1 atom stereocenters. The molecule has 3 nitrogen and oxygen atoms in total. The van der Waals surface area contributed by atoms with Gasteiger partial charge >= 0.3 is 0 Å². The van der Waals surface area contributed by atoms with Crippen LogP contribution in [0.2, 0.25) is 5.15 Å². The number of aryl methyl sites for hydroxylation is 3. The Bertz CT molecular complexity index is 544. The molecule has 0 fully saturated rings. The van der Waals surface area contributed by atoms with E-state index in [-0.39, 0.29) is 6.04 Å². The minimum absolute atomic E-state index is 0.289. The van der Waals surface area contributed by atoms with Gasteiger partial charge in [0.15, 0.2) is 0 Å². The van der Waals surface area contributed by atoms with Crippen LogP contribution in [0.15, 0.2) is 10.8 Å². The summed E-state index contributed by atoms with van der Waals surface area (Å²) in [5.41, 5.74) is 4.82. The van der Waals surface area contributed by atoms with Crippen LogP contribution in [0.5, 0.6) is 0 Å². The van der Waals surface area contributed by atoms with Crippen LogP contribution in [0.1, 0.15) is 28.4 Å². The molecule has 2 heterocycles. The molecule has 1 unspecified atom stereocenters. The number of nitrogens with zero attached hydrogens (tertiary/aromatic N) is 2. The SMILES string of the molecule is CNC(Cc1c(C)nn(C)c1Cl)c1cscc1C. The maximum Gasteiger partial charge on any atom is 0.130 e. The van der Waals surface area contributed by atoms with Crippen molar-refractivity contribution in [1.82, 2.24) is 15.1 Å². The van der Waals surface area contributed by atoms with Crippen LogP contribution in [-0.4, -0.2) is 16.8 Å². The van der Waals surface area contributed by atoms with Gasteiger partial charge in [0.1, 0.15) is 5.15 Å². The Morgan fingerprint density at radius 3 is 2.61 bits per heavy atom. The predicted octanol–water partition coefficient (Wildman–Crippen LogP) is 3.26. The molecule has 0 saturated heterocycles. The molecule has 18 heavy (non-hydrogen) atoms. The highest BCUT2D eigenvalue weighted by Gasteiger charge is 2.19. The lowest BCUT2D eigenvalue weighted by Crippen LogP contribution is -2.19. The summed E-state index contributed by atoms with van der Waals surface area (Å²) in [6.45, 7) is 4.16. The molecule has 5 heteroatoms. The molecule has 2 aromatic rings. The fourth-order valence-corrected chi connectivity index (χ4v) is 3.36. The minimum atomic E-state index is 0.289. The average Bonchev–Trinajstić information content (AvgIpc) is 2.84. The second-order valence-electron chi connectivity index (χ2n) is 4.53. The van der Waals surface area contributed by atoms with Crippen molar-refractivity contribution in [2.75, 3.05) is 7.05 Å². The van der Waals surface area contributed by atoms with E-state index in [1.54, 1.807) is 16.0 Å². The van der Waals surface area contributed by atoms with Crippen LogP contribution in [0, 0.1) is 13.8 Å². The summed E-state index contributed by atoms with van der Waals surface area (Å²) in [6.07, 6.45) is 0.868. The highest BCUT2D eigenvalue weighted by molar-refractivity contribution is 7.08. The highest BCUT2D eigenvalue weighted by atomic mass is 35.5. The Kier molecular flexibility index (Phi) is 4.10. The first kappa shape index (κ1) is 13.6. The van der Waals surface area contributed by atoms with E-state index in [1.165, 1.54) is 11.1 Å². The van der Waals surface area contributed by atoms with Gasteiger partial charge in [0.2, 0.25) is 0 Å². The van der Waals surface area contributed by atoms with Gasteiger partial charge < -0.3 is 5.32 Å². The van der Waals surface area contributed by atoms with Gasteiger partial charge in [-0.2, -0.15) is 16.4 Å². The molecule has 0 aromatic carbocycles. The average molecular weight is 284 g/mol. The largest absolute Gasteiger partial charge is 0.313 e. The summed E-state index contributed by atoms with van der Waals surface area (Å²) in [7, 11) is 3.87. The van der Waals surface area contributed by atoms with Gasteiger partial charge in [0, 0.05) is 18.7 Å². The van der Waals surface area contributed by atoms with Gasteiger partial charge in [0.05, 0.1) is 5.69 Å². The van der Waals surface area contributed by atoms with Crippen molar-refractivity contribution in [2.45, 2.75) is 26.3 Å². The number of thiophene rings is 1. The molecule has 98 valence electrons. The molecule has 0 saturated carbocycles. The second kappa shape index (κ2) is 5.43. The van der Waals surface area contributed by atoms with Crippen molar-refractivity contribution < 1.29 is 0 Å². The van der Waals surface area contributed by atoms with Crippen LogP contribution in [0.4, 0.5) is 0 Å². The zero-order valence-corrected chi connectivity index (χ0v) is 12.7. The molecule has 0 aliphatic heterocycles. The van der Waals surface area contributed by atoms with E-state index in [4.69, 9.17) is 11.6 Å². The number of rotatable bonds is 4. The standard InChI is InChI=1S/C13H18ClN3S/c1-8-6-18-7-11(8)12(15-3)5-10-9(2)16-17(4)13(10)14/h6-7,12,15H,5H2,1-4H3. The van der Waals surface area contributed by atoms with Crippen LogP contribution < -0.4 is 5.32 Å². The lowest BCUT2D eigenvalue weighted by atomic mass is 9.99. The van der Waals surface area contributed by atoms with Crippen LogP contribution in [-0.2, 0) is 13.5 Å². The molecule has 2 rings (SSSR count). The maximum atomic E-state index is 6.29. The fraction of sp³-hybridized carbons (Fsp3) is 0.462. The Morgan fingerprint density at radius 2 is 2.17 bits per heavy atom. The third-order valence-corrected chi connectivity index (χ3v) is 4.65. The van der Waals surface area contributed by atoms with Crippen molar-refractivity contribution in [3.05, 3.63) is 38.3 Å². The highest BCUT2D eigenvalue weighted by Crippen LogP contribution is 2.28. The number of hydrogen-bond acceptors (Lipinski definition) is 3. The molecule has 0 bridgehead atoms. The number of hydrogen-bond donors (Lipinski definition) is 1. The molecule has 1 N–H and O–H groups in total. The molecule has 0 radical (unpaired) electrons. The normalized spacial score (nSPS) is 12.9. The summed E-state index contributed by atoms with van der Waals surface area (Å²) in [5.74, 6) is 0. The number of halogens is 1. The zero-order valence-electron chi connectivity index (χ0n) is 11.1. The molecule has 0 aliphatic rings. The van der Waals surface area contributed by atoms with Gasteiger partial charge in [-0.1, -0.05) is 11.6 Å². The van der Waals surface area contributed by atoms with Crippen LogP contribution >= 0.6 is 22.9 Å².